The van der Waals surface area contributed by atoms with E-state index in [-0.39, 0.29) is 13.2 Å². The van der Waals surface area contributed by atoms with Gasteiger partial charge in [-0.3, -0.25) is 9.59 Å². The lowest BCUT2D eigenvalue weighted by atomic mass is 9.90. The molecule has 0 aromatic carbocycles. The third-order valence-corrected chi connectivity index (χ3v) is 2.95. The maximum absolute atomic E-state index is 11.8. The molecule has 5 nitrogen and oxygen atoms in total. The summed E-state index contributed by atoms with van der Waals surface area (Å²) in [5, 5.41) is 18.2. The maximum Gasteiger partial charge on any atom is 0.309 e. The molecule has 0 rings (SSSR count). The molecular weight excluding hydrogens is 248 g/mol. The van der Waals surface area contributed by atoms with Crippen molar-refractivity contribution in [1.82, 2.24) is 0 Å². The van der Waals surface area contributed by atoms with Crippen LogP contribution in [0.2, 0.25) is 0 Å². The first-order valence-electron chi connectivity index (χ1n) is 6.36. The third-order valence-electron chi connectivity index (χ3n) is 2.95. The molecule has 0 aromatic heterocycles. The number of aliphatic carboxylic acids is 1. The Morgan fingerprint density at radius 2 is 1.95 bits per heavy atom. The van der Waals surface area contributed by atoms with Crippen LogP contribution in [-0.2, 0) is 14.3 Å². The SMILES string of the molecule is C/C=C/CC(C(=O)O)C(C)C(=O)OCC(C)(C)CO. The van der Waals surface area contributed by atoms with Crippen LogP contribution in [0, 0.1) is 17.3 Å². The van der Waals surface area contributed by atoms with E-state index in [0.717, 1.165) is 0 Å². The molecule has 0 saturated carbocycles. The van der Waals surface area contributed by atoms with Crippen molar-refractivity contribution in [3.63, 3.8) is 0 Å². The van der Waals surface area contributed by atoms with Gasteiger partial charge in [-0.15, -0.1) is 0 Å². The number of carbonyl (C=O) groups excluding carboxylic acids is 1. The second kappa shape index (κ2) is 7.94. The zero-order chi connectivity index (χ0) is 15.1. The maximum atomic E-state index is 11.8. The fourth-order valence-electron chi connectivity index (χ4n) is 1.41. The summed E-state index contributed by atoms with van der Waals surface area (Å²) in [5.41, 5.74) is -0.516. The Hall–Kier alpha value is -1.36. The second-order valence-electron chi connectivity index (χ2n) is 5.47. The normalized spacial score (nSPS) is 15.2. The first-order chi connectivity index (χ1) is 8.75. The van der Waals surface area contributed by atoms with Gasteiger partial charge in [0.1, 0.15) is 0 Å². The largest absolute Gasteiger partial charge is 0.481 e. The summed E-state index contributed by atoms with van der Waals surface area (Å²) in [6, 6.07) is 0. The topological polar surface area (TPSA) is 83.8 Å². The smallest absolute Gasteiger partial charge is 0.309 e. The molecular formula is C14H24O5. The summed E-state index contributed by atoms with van der Waals surface area (Å²) in [5.74, 6) is -3.06. The van der Waals surface area contributed by atoms with Gasteiger partial charge in [0.2, 0.25) is 0 Å². The Bertz CT molecular complexity index is 333. The zero-order valence-corrected chi connectivity index (χ0v) is 12.0. The molecule has 2 N–H and O–H groups in total. The van der Waals surface area contributed by atoms with Crippen LogP contribution in [0.5, 0.6) is 0 Å². The number of allylic oxidation sites excluding steroid dienone is 2. The molecule has 0 fully saturated rings. The Labute approximate surface area is 114 Å². The van der Waals surface area contributed by atoms with E-state index in [1.165, 1.54) is 0 Å². The zero-order valence-electron chi connectivity index (χ0n) is 12.0. The van der Waals surface area contributed by atoms with Gasteiger partial charge in [0.15, 0.2) is 0 Å². The number of hydrogen-bond donors (Lipinski definition) is 2. The van der Waals surface area contributed by atoms with Gasteiger partial charge < -0.3 is 14.9 Å². The van der Waals surface area contributed by atoms with Gasteiger partial charge in [-0.25, -0.2) is 0 Å². The third kappa shape index (κ3) is 6.38. The Kier molecular flexibility index (Phi) is 7.37. The molecule has 0 heterocycles. The molecule has 0 radical (unpaired) electrons. The van der Waals surface area contributed by atoms with Crippen LogP contribution in [0.3, 0.4) is 0 Å². The fraction of sp³-hybridized carbons (Fsp3) is 0.714. The molecule has 19 heavy (non-hydrogen) atoms. The van der Waals surface area contributed by atoms with Crippen LogP contribution in [0.4, 0.5) is 0 Å². The molecule has 0 aromatic rings. The van der Waals surface area contributed by atoms with E-state index >= 15 is 0 Å². The quantitative estimate of drug-likeness (QED) is 0.520. The molecule has 0 aliphatic carbocycles. The van der Waals surface area contributed by atoms with Crippen LogP contribution < -0.4 is 0 Å². The van der Waals surface area contributed by atoms with E-state index in [1.807, 2.05) is 0 Å². The van der Waals surface area contributed by atoms with Gasteiger partial charge in [0, 0.05) is 5.41 Å². The van der Waals surface area contributed by atoms with Crippen LogP contribution in [0.25, 0.3) is 0 Å². The molecule has 5 heteroatoms. The number of hydrogen-bond acceptors (Lipinski definition) is 4. The van der Waals surface area contributed by atoms with Crippen molar-refractivity contribution in [2.24, 2.45) is 17.3 Å². The Morgan fingerprint density at radius 3 is 2.37 bits per heavy atom. The molecule has 2 atom stereocenters. The number of carboxylic acid groups (broad SMARTS) is 1. The number of carboxylic acids is 1. The van der Waals surface area contributed by atoms with Gasteiger partial charge in [0.05, 0.1) is 25.0 Å². The van der Waals surface area contributed by atoms with Gasteiger partial charge in [-0.2, -0.15) is 0 Å². The van der Waals surface area contributed by atoms with Crippen molar-refractivity contribution in [3.8, 4) is 0 Å². The van der Waals surface area contributed by atoms with Crippen molar-refractivity contribution in [1.29, 1.82) is 0 Å². The summed E-state index contributed by atoms with van der Waals surface area (Å²) >= 11 is 0. The predicted molar refractivity (Wildman–Crippen MR) is 71.5 cm³/mol. The number of ether oxygens (including phenoxy) is 1. The molecule has 0 spiro atoms. The van der Waals surface area contributed by atoms with Crippen LogP contribution in [0.1, 0.15) is 34.1 Å². The number of aliphatic hydroxyl groups excluding tert-OH is 1. The lowest BCUT2D eigenvalue weighted by Crippen LogP contribution is -2.32. The Balaban J connectivity index is 4.55. The number of carbonyl (C=O) groups is 2. The van der Waals surface area contributed by atoms with E-state index in [2.05, 4.69) is 0 Å². The van der Waals surface area contributed by atoms with E-state index < -0.39 is 29.2 Å². The monoisotopic (exact) mass is 272 g/mol. The second-order valence-corrected chi connectivity index (χ2v) is 5.47. The van der Waals surface area contributed by atoms with Crippen LogP contribution in [0.15, 0.2) is 12.2 Å². The summed E-state index contributed by atoms with van der Waals surface area (Å²) in [6.45, 7) is 6.85. The average molecular weight is 272 g/mol. The van der Waals surface area contributed by atoms with Gasteiger partial charge in [-0.1, -0.05) is 32.9 Å². The average Bonchev–Trinajstić information content (AvgIpc) is 2.35. The van der Waals surface area contributed by atoms with E-state index in [9.17, 15) is 9.59 Å². The van der Waals surface area contributed by atoms with Crippen molar-refractivity contribution < 1.29 is 24.5 Å². The van der Waals surface area contributed by atoms with E-state index in [1.54, 1.807) is 39.8 Å². The highest BCUT2D eigenvalue weighted by molar-refractivity contribution is 5.80. The van der Waals surface area contributed by atoms with Crippen molar-refractivity contribution in [2.75, 3.05) is 13.2 Å². The van der Waals surface area contributed by atoms with Crippen molar-refractivity contribution >= 4 is 11.9 Å². The summed E-state index contributed by atoms with van der Waals surface area (Å²) in [4.78, 5) is 23.0. The lowest BCUT2D eigenvalue weighted by Gasteiger charge is -2.23. The van der Waals surface area contributed by atoms with Gasteiger partial charge in [-0.05, 0) is 13.3 Å². The van der Waals surface area contributed by atoms with Gasteiger partial charge in [0.25, 0.3) is 0 Å². The van der Waals surface area contributed by atoms with Crippen LogP contribution >= 0.6 is 0 Å². The van der Waals surface area contributed by atoms with Crippen molar-refractivity contribution in [2.45, 2.75) is 34.1 Å². The van der Waals surface area contributed by atoms with Crippen LogP contribution in [-0.4, -0.2) is 35.4 Å². The minimum atomic E-state index is -1.01. The first-order valence-corrected chi connectivity index (χ1v) is 6.36. The summed E-state index contributed by atoms with van der Waals surface area (Å²) in [6.07, 6.45) is 3.77. The van der Waals surface area contributed by atoms with Crippen molar-refractivity contribution in [3.05, 3.63) is 12.2 Å². The first kappa shape index (κ1) is 17.6. The molecule has 0 saturated heterocycles. The number of esters is 1. The highest BCUT2D eigenvalue weighted by Crippen LogP contribution is 2.21. The molecule has 0 aliphatic heterocycles. The predicted octanol–water partition coefficient (Wildman–Crippen LogP) is 1.85. The summed E-state index contributed by atoms with van der Waals surface area (Å²) in [7, 11) is 0. The molecule has 0 amide bonds. The minimum Gasteiger partial charge on any atom is -0.481 e. The Morgan fingerprint density at radius 1 is 1.37 bits per heavy atom. The highest BCUT2D eigenvalue weighted by atomic mass is 16.5. The summed E-state index contributed by atoms with van der Waals surface area (Å²) < 4.78 is 5.08. The molecule has 0 aliphatic rings. The number of aliphatic hydroxyl groups is 1. The molecule has 110 valence electrons. The molecule has 0 bridgehead atoms. The number of rotatable bonds is 8. The van der Waals surface area contributed by atoms with Gasteiger partial charge >= 0.3 is 11.9 Å². The van der Waals surface area contributed by atoms with E-state index in [4.69, 9.17) is 14.9 Å². The highest BCUT2D eigenvalue weighted by Gasteiger charge is 2.31. The standard InChI is InChI=1S/C14H24O5/c1-5-6-7-11(12(16)17)10(2)13(18)19-9-14(3,4)8-15/h5-6,10-11,15H,7-9H2,1-4H3,(H,16,17)/b6-5+. The lowest BCUT2D eigenvalue weighted by molar-refractivity contribution is -0.159. The minimum absolute atomic E-state index is 0.0721. The molecule has 2 unspecified atom stereocenters. The fourth-order valence-corrected chi connectivity index (χ4v) is 1.41. The van der Waals surface area contributed by atoms with E-state index in [0.29, 0.717) is 6.42 Å².